The fourth-order valence-electron chi connectivity index (χ4n) is 3.25. The number of pyridine rings is 1. The van der Waals surface area contributed by atoms with Crippen molar-refractivity contribution >= 4 is 17.1 Å². The summed E-state index contributed by atoms with van der Waals surface area (Å²) in [5.74, 6) is 1.41. The Bertz CT molecular complexity index is 897. The number of imidazole rings is 1. The fourth-order valence-corrected chi connectivity index (χ4v) is 3.25. The number of nitrogens with one attached hydrogen (secondary N) is 1. The van der Waals surface area contributed by atoms with E-state index in [9.17, 15) is 4.79 Å². The number of aromatic amines is 1. The topological polar surface area (TPSA) is 92.6 Å². The molecule has 0 aliphatic carbocycles. The number of aryl methyl sites for hydroxylation is 2. The van der Waals surface area contributed by atoms with E-state index in [4.69, 9.17) is 0 Å². The molecule has 8 heteroatoms. The lowest BCUT2D eigenvalue weighted by atomic mass is 10.0. The van der Waals surface area contributed by atoms with E-state index < -0.39 is 0 Å². The van der Waals surface area contributed by atoms with E-state index in [1.165, 1.54) is 0 Å². The maximum atomic E-state index is 13.0. The molecular formula is C16H19N7O. The van der Waals surface area contributed by atoms with Gasteiger partial charge in [0.2, 0.25) is 0 Å². The SMILES string of the molecule is Cc1nc([C@@H]2CCCCN2C(=O)c2cnc3c(c2)ncn3C)n[nH]1. The van der Waals surface area contributed by atoms with Crippen molar-refractivity contribution in [1.29, 1.82) is 0 Å². The first-order valence-corrected chi connectivity index (χ1v) is 8.10. The molecule has 1 N–H and O–H groups in total. The smallest absolute Gasteiger partial charge is 0.256 e. The zero-order valence-corrected chi connectivity index (χ0v) is 13.7. The van der Waals surface area contributed by atoms with Gasteiger partial charge in [0, 0.05) is 19.8 Å². The summed E-state index contributed by atoms with van der Waals surface area (Å²) in [5, 5.41) is 7.13. The first kappa shape index (κ1) is 14.8. The Morgan fingerprint density at radius 1 is 1.33 bits per heavy atom. The molecule has 1 fully saturated rings. The largest absolute Gasteiger partial charge is 0.328 e. The number of likely N-dealkylation sites (tertiary alicyclic amines) is 1. The Hall–Kier alpha value is -2.77. The quantitative estimate of drug-likeness (QED) is 0.775. The van der Waals surface area contributed by atoms with E-state index >= 15 is 0 Å². The number of hydrogen-bond donors (Lipinski definition) is 1. The third-order valence-corrected chi connectivity index (χ3v) is 4.47. The third-order valence-electron chi connectivity index (χ3n) is 4.47. The Balaban J connectivity index is 1.67. The van der Waals surface area contributed by atoms with E-state index in [1.807, 2.05) is 23.4 Å². The summed E-state index contributed by atoms with van der Waals surface area (Å²) >= 11 is 0. The van der Waals surface area contributed by atoms with Crippen LogP contribution < -0.4 is 0 Å². The van der Waals surface area contributed by atoms with Gasteiger partial charge in [-0.2, -0.15) is 5.10 Å². The number of hydrogen-bond acceptors (Lipinski definition) is 5. The van der Waals surface area contributed by atoms with Gasteiger partial charge in [-0.3, -0.25) is 9.89 Å². The number of carbonyl (C=O) groups excluding carboxylic acids is 1. The van der Waals surface area contributed by atoms with Crippen LogP contribution in [-0.4, -0.2) is 47.1 Å². The summed E-state index contributed by atoms with van der Waals surface area (Å²) in [4.78, 5) is 28.0. The highest BCUT2D eigenvalue weighted by Crippen LogP contribution is 2.30. The second-order valence-electron chi connectivity index (χ2n) is 6.21. The van der Waals surface area contributed by atoms with Gasteiger partial charge in [0.25, 0.3) is 5.91 Å². The lowest BCUT2D eigenvalue weighted by molar-refractivity contribution is 0.0600. The van der Waals surface area contributed by atoms with Gasteiger partial charge in [-0.05, 0) is 32.3 Å². The first-order chi connectivity index (χ1) is 11.6. The maximum Gasteiger partial charge on any atom is 0.256 e. The lowest BCUT2D eigenvalue weighted by Gasteiger charge is -2.34. The van der Waals surface area contributed by atoms with E-state index in [1.54, 1.807) is 18.6 Å². The van der Waals surface area contributed by atoms with E-state index in [0.717, 1.165) is 36.3 Å². The van der Waals surface area contributed by atoms with Crippen LogP contribution in [0, 0.1) is 6.92 Å². The summed E-state index contributed by atoms with van der Waals surface area (Å²) in [6.45, 7) is 2.57. The normalized spacial score (nSPS) is 18.2. The molecule has 1 amide bonds. The number of nitrogens with zero attached hydrogens (tertiary/aromatic N) is 6. The Kier molecular flexibility index (Phi) is 3.51. The number of rotatable bonds is 2. The zero-order valence-electron chi connectivity index (χ0n) is 13.7. The molecule has 0 spiro atoms. The molecule has 24 heavy (non-hydrogen) atoms. The molecule has 4 rings (SSSR count). The van der Waals surface area contributed by atoms with Crippen molar-refractivity contribution in [1.82, 2.24) is 34.6 Å². The van der Waals surface area contributed by atoms with Crippen molar-refractivity contribution in [2.45, 2.75) is 32.2 Å². The molecule has 0 radical (unpaired) electrons. The molecule has 1 aliphatic rings. The second kappa shape index (κ2) is 5.70. The predicted octanol–water partition coefficient (Wildman–Crippen LogP) is 1.76. The van der Waals surface area contributed by atoms with Crippen LogP contribution in [0.5, 0.6) is 0 Å². The van der Waals surface area contributed by atoms with Crippen molar-refractivity contribution in [3.8, 4) is 0 Å². The van der Waals surface area contributed by atoms with Gasteiger partial charge >= 0.3 is 0 Å². The number of fused-ring (bicyclic) bond motifs is 1. The highest BCUT2D eigenvalue weighted by atomic mass is 16.2. The Labute approximate surface area is 138 Å². The summed E-state index contributed by atoms with van der Waals surface area (Å²) in [6, 6.07) is 1.72. The summed E-state index contributed by atoms with van der Waals surface area (Å²) in [6.07, 6.45) is 6.26. The molecule has 124 valence electrons. The summed E-state index contributed by atoms with van der Waals surface area (Å²) in [5.41, 5.74) is 2.05. The molecule has 0 bridgehead atoms. The number of aromatic nitrogens is 6. The van der Waals surface area contributed by atoms with E-state index in [0.29, 0.717) is 17.9 Å². The summed E-state index contributed by atoms with van der Waals surface area (Å²) < 4.78 is 1.84. The molecule has 8 nitrogen and oxygen atoms in total. The molecule has 3 aromatic heterocycles. The maximum absolute atomic E-state index is 13.0. The minimum absolute atomic E-state index is 0.0396. The molecule has 1 aliphatic heterocycles. The lowest BCUT2D eigenvalue weighted by Crippen LogP contribution is -2.39. The number of amides is 1. The highest BCUT2D eigenvalue weighted by molar-refractivity contribution is 5.96. The predicted molar refractivity (Wildman–Crippen MR) is 87.3 cm³/mol. The average molecular weight is 325 g/mol. The zero-order chi connectivity index (χ0) is 16.7. The van der Waals surface area contributed by atoms with Crippen molar-refractivity contribution < 1.29 is 4.79 Å². The Morgan fingerprint density at radius 2 is 2.21 bits per heavy atom. The third kappa shape index (κ3) is 2.44. The van der Waals surface area contributed by atoms with Crippen LogP contribution in [-0.2, 0) is 7.05 Å². The van der Waals surface area contributed by atoms with Crippen molar-refractivity contribution in [3.05, 3.63) is 35.8 Å². The van der Waals surface area contributed by atoms with Crippen molar-refractivity contribution in [2.24, 2.45) is 7.05 Å². The minimum atomic E-state index is -0.0874. The van der Waals surface area contributed by atoms with Gasteiger partial charge in [0.05, 0.1) is 17.9 Å². The number of H-pyrrole nitrogens is 1. The monoisotopic (exact) mass is 325 g/mol. The van der Waals surface area contributed by atoms with Crippen LogP contribution in [0.1, 0.15) is 47.3 Å². The second-order valence-corrected chi connectivity index (χ2v) is 6.21. The van der Waals surface area contributed by atoms with Crippen LogP contribution in [0.3, 0.4) is 0 Å². The minimum Gasteiger partial charge on any atom is -0.328 e. The van der Waals surface area contributed by atoms with Crippen molar-refractivity contribution in [2.75, 3.05) is 6.54 Å². The van der Waals surface area contributed by atoms with Crippen LogP contribution in [0.15, 0.2) is 18.6 Å². The van der Waals surface area contributed by atoms with Crippen LogP contribution in [0.4, 0.5) is 0 Å². The molecule has 0 unspecified atom stereocenters. The standard InChI is InChI=1S/C16H19N7O/c1-10-19-14(21-20-10)13-5-3-4-6-23(13)16(24)11-7-12-15(17-8-11)22(2)9-18-12/h7-9,13H,3-6H2,1-2H3,(H,19,20,21)/t13-/m0/s1. The van der Waals surface area contributed by atoms with Crippen LogP contribution in [0.2, 0.25) is 0 Å². The molecule has 3 aromatic rings. The van der Waals surface area contributed by atoms with Crippen molar-refractivity contribution in [3.63, 3.8) is 0 Å². The number of carbonyl (C=O) groups is 1. The van der Waals surface area contributed by atoms with E-state index in [-0.39, 0.29) is 11.9 Å². The molecule has 0 saturated carbocycles. The molecule has 1 saturated heterocycles. The average Bonchev–Trinajstić information content (AvgIpc) is 3.20. The number of piperidine rings is 1. The first-order valence-electron chi connectivity index (χ1n) is 8.10. The molecular weight excluding hydrogens is 306 g/mol. The van der Waals surface area contributed by atoms with Gasteiger partial charge < -0.3 is 9.47 Å². The van der Waals surface area contributed by atoms with Gasteiger partial charge in [-0.25, -0.2) is 15.0 Å². The van der Waals surface area contributed by atoms with Gasteiger partial charge in [-0.1, -0.05) is 0 Å². The highest BCUT2D eigenvalue weighted by Gasteiger charge is 2.31. The molecule has 4 heterocycles. The van der Waals surface area contributed by atoms with Gasteiger partial charge in [0.15, 0.2) is 11.5 Å². The van der Waals surface area contributed by atoms with E-state index in [2.05, 4.69) is 25.1 Å². The fraction of sp³-hybridized carbons (Fsp3) is 0.438. The Morgan fingerprint density at radius 3 is 3.00 bits per heavy atom. The van der Waals surface area contributed by atoms with Crippen LogP contribution in [0.25, 0.3) is 11.2 Å². The van der Waals surface area contributed by atoms with Crippen LogP contribution >= 0.6 is 0 Å². The molecule has 0 aromatic carbocycles. The summed E-state index contributed by atoms with van der Waals surface area (Å²) in [7, 11) is 1.88. The van der Waals surface area contributed by atoms with Gasteiger partial charge in [0.1, 0.15) is 11.3 Å². The van der Waals surface area contributed by atoms with Gasteiger partial charge in [-0.15, -0.1) is 0 Å². The molecule has 1 atom stereocenters.